The van der Waals surface area contributed by atoms with E-state index >= 15 is 0 Å². The maximum Gasteiger partial charge on any atom is 0.243 e. The Kier molecular flexibility index (Phi) is 27.7. The lowest BCUT2D eigenvalue weighted by Crippen LogP contribution is -2.59. The highest BCUT2D eigenvalue weighted by Crippen LogP contribution is 2.09. The Morgan fingerprint density at radius 3 is 1.71 bits per heavy atom. The molecule has 0 radical (unpaired) electrons. The molecule has 0 bridgehead atoms. The average Bonchev–Trinajstić information content (AvgIpc) is 3.19. The molecule has 22 heteroatoms. The van der Waals surface area contributed by atoms with E-state index in [2.05, 4.69) is 57.9 Å². The lowest BCUT2D eigenvalue weighted by atomic mass is 10.0. The van der Waals surface area contributed by atoms with Gasteiger partial charge in [0.05, 0.1) is 26.1 Å². The molecule has 0 spiro atoms. The first-order valence-electron chi connectivity index (χ1n) is 19.7. The summed E-state index contributed by atoms with van der Waals surface area (Å²) >= 11 is 0. The van der Waals surface area contributed by atoms with Crippen LogP contribution >= 0.6 is 0 Å². The quantitative estimate of drug-likeness (QED) is 0.0148. The second kappa shape index (κ2) is 31.6. The molecule has 0 saturated carbocycles. The van der Waals surface area contributed by atoms with Crippen LogP contribution in [0.4, 0.5) is 0 Å². The number of nitrogens with two attached hydrogens (primary N) is 2. The molecule has 13 N–H and O–H groups in total. The maximum atomic E-state index is 14.0. The molecular formula is C37H64N14O8. The van der Waals surface area contributed by atoms with Gasteiger partial charge in [0.2, 0.25) is 41.4 Å². The molecule has 0 aliphatic rings. The maximum absolute atomic E-state index is 14.0. The molecule has 330 valence electrons. The minimum absolute atomic E-state index is 0.0993. The SMILES string of the molecule is CC(=O)N[C@H](CC(=O)NCCNCCN)C(=O)N[C@@H](CC(=O)NCCNCCN)C(=O)N[C@H](CC(C)C)C(=O)N[C@@H](Cc1ccccc1)C(=O)NCCOCCN=[N+]=[N-]. The van der Waals surface area contributed by atoms with Crippen LogP contribution in [0.25, 0.3) is 10.4 Å². The van der Waals surface area contributed by atoms with E-state index in [0.29, 0.717) is 39.3 Å². The lowest BCUT2D eigenvalue weighted by molar-refractivity contribution is -0.136. The summed E-state index contributed by atoms with van der Waals surface area (Å²) in [5.74, 6) is -4.94. The topological polar surface area (TPSA) is 338 Å². The molecule has 1 aromatic rings. The fourth-order valence-electron chi connectivity index (χ4n) is 5.41. The first-order valence-corrected chi connectivity index (χ1v) is 19.7. The van der Waals surface area contributed by atoms with Crippen molar-refractivity contribution in [3.8, 4) is 0 Å². The predicted molar refractivity (Wildman–Crippen MR) is 220 cm³/mol. The van der Waals surface area contributed by atoms with Gasteiger partial charge in [-0.1, -0.05) is 49.3 Å². The van der Waals surface area contributed by atoms with Crippen molar-refractivity contribution in [1.29, 1.82) is 0 Å². The molecule has 0 unspecified atom stereocenters. The summed E-state index contributed by atoms with van der Waals surface area (Å²) in [5.41, 5.74) is 20.1. The zero-order chi connectivity index (χ0) is 43.8. The van der Waals surface area contributed by atoms with Crippen molar-refractivity contribution in [2.45, 2.75) is 70.6 Å². The number of amides is 7. The Morgan fingerprint density at radius 2 is 1.19 bits per heavy atom. The van der Waals surface area contributed by atoms with Gasteiger partial charge >= 0.3 is 0 Å². The Labute approximate surface area is 345 Å². The minimum atomic E-state index is -1.55. The largest absolute Gasteiger partial charge is 0.379 e. The summed E-state index contributed by atoms with van der Waals surface area (Å²) < 4.78 is 5.36. The van der Waals surface area contributed by atoms with Gasteiger partial charge in [0.1, 0.15) is 24.2 Å². The average molecular weight is 833 g/mol. The fourth-order valence-corrected chi connectivity index (χ4v) is 5.41. The Bertz CT molecular complexity index is 1500. The summed E-state index contributed by atoms with van der Waals surface area (Å²) in [6.07, 6.45) is -0.800. The van der Waals surface area contributed by atoms with Crippen LogP contribution in [-0.2, 0) is 44.7 Å². The van der Waals surface area contributed by atoms with Crippen LogP contribution in [0.3, 0.4) is 0 Å². The Hall–Kier alpha value is -5.38. The summed E-state index contributed by atoms with van der Waals surface area (Å²) in [6, 6.07) is 3.73. The van der Waals surface area contributed by atoms with Gasteiger partial charge in [-0.25, -0.2) is 0 Å². The van der Waals surface area contributed by atoms with Gasteiger partial charge in [0.15, 0.2) is 0 Å². The van der Waals surface area contributed by atoms with Crippen molar-refractivity contribution >= 4 is 41.4 Å². The standard InChI is InChI=1S/C37H64N14O8/c1-25(2)21-28(35(56)49-29(22-27-7-5-4-6-8-27)34(55)45-17-19-59-20-18-46-51-40)48-37(58)31(24-33(54)44-16-14-42-12-10-39)50-36(57)30(47-26(3)52)23-32(53)43-15-13-41-11-9-38/h4-8,25,28-31,41-42H,9-24,38-39H2,1-3H3,(H,43,53)(H,44,54)(H,45,55)(H,47,52)(H,48,58)(H,49,56)(H,50,57)/t28-,29+,30-,31+/m1/s1. The molecule has 0 fully saturated rings. The molecule has 59 heavy (non-hydrogen) atoms. The number of ether oxygens (including phenoxy) is 1. The predicted octanol–water partition coefficient (Wildman–Crippen LogP) is -3.21. The van der Waals surface area contributed by atoms with Gasteiger partial charge in [-0.15, -0.1) is 0 Å². The van der Waals surface area contributed by atoms with E-state index in [1.54, 1.807) is 24.3 Å². The monoisotopic (exact) mass is 833 g/mol. The molecule has 0 aromatic heterocycles. The van der Waals surface area contributed by atoms with Gasteiger partial charge in [0, 0.05) is 83.7 Å². The highest BCUT2D eigenvalue weighted by Gasteiger charge is 2.33. The van der Waals surface area contributed by atoms with Crippen molar-refractivity contribution in [2.24, 2.45) is 22.5 Å². The number of azide groups is 1. The first-order chi connectivity index (χ1) is 28.3. The van der Waals surface area contributed by atoms with Crippen LogP contribution in [-0.4, -0.2) is 144 Å². The van der Waals surface area contributed by atoms with Crippen LogP contribution in [0.15, 0.2) is 35.4 Å². The minimum Gasteiger partial charge on any atom is -0.379 e. The van der Waals surface area contributed by atoms with Crippen molar-refractivity contribution in [2.75, 3.05) is 78.7 Å². The molecule has 1 aromatic carbocycles. The zero-order valence-electron chi connectivity index (χ0n) is 34.3. The highest BCUT2D eigenvalue weighted by molar-refractivity contribution is 5.98. The molecule has 0 aliphatic heterocycles. The number of nitrogens with zero attached hydrogens (tertiary/aromatic N) is 3. The van der Waals surface area contributed by atoms with E-state index in [9.17, 15) is 33.6 Å². The Morgan fingerprint density at radius 1 is 0.661 bits per heavy atom. The number of benzene rings is 1. The van der Waals surface area contributed by atoms with E-state index < -0.39 is 78.4 Å². The van der Waals surface area contributed by atoms with Gasteiger partial charge in [0.25, 0.3) is 0 Å². The van der Waals surface area contributed by atoms with Gasteiger partial charge in [-0.2, -0.15) is 0 Å². The third-order valence-electron chi connectivity index (χ3n) is 8.20. The number of hydrogen-bond donors (Lipinski definition) is 11. The second-order valence-corrected chi connectivity index (χ2v) is 13.8. The summed E-state index contributed by atoms with van der Waals surface area (Å²) in [6.45, 7) is 8.37. The van der Waals surface area contributed by atoms with E-state index in [1.165, 1.54) is 0 Å². The molecule has 1 rings (SSSR count). The van der Waals surface area contributed by atoms with Crippen LogP contribution in [0.2, 0.25) is 0 Å². The van der Waals surface area contributed by atoms with Crippen LogP contribution in [0.1, 0.15) is 45.6 Å². The van der Waals surface area contributed by atoms with E-state index in [1.807, 2.05) is 19.9 Å². The normalized spacial score (nSPS) is 12.8. The fraction of sp³-hybridized carbons (Fsp3) is 0.649. The van der Waals surface area contributed by atoms with Crippen molar-refractivity contribution in [3.05, 3.63) is 46.3 Å². The second-order valence-electron chi connectivity index (χ2n) is 13.8. The summed E-state index contributed by atoms with van der Waals surface area (Å²) in [4.78, 5) is 95.4. The van der Waals surface area contributed by atoms with Gasteiger partial charge < -0.3 is 64.1 Å². The smallest absolute Gasteiger partial charge is 0.243 e. The molecular weight excluding hydrogens is 768 g/mol. The first kappa shape index (κ1) is 51.6. The molecule has 7 amide bonds. The van der Waals surface area contributed by atoms with Crippen LogP contribution in [0.5, 0.6) is 0 Å². The number of hydrogen-bond acceptors (Lipinski definition) is 13. The summed E-state index contributed by atoms with van der Waals surface area (Å²) in [7, 11) is 0. The number of rotatable bonds is 32. The van der Waals surface area contributed by atoms with Crippen LogP contribution < -0.4 is 59.3 Å². The van der Waals surface area contributed by atoms with E-state index in [0.717, 1.165) is 12.5 Å². The number of carbonyl (C=O) groups is 7. The van der Waals surface area contributed by atoms with Crippen LogP contribution in [0, 0.1) is 5.92 Å². The molecule has 4 atom stereocenters. The van der Waals surface area contributed by atoms with Crippen molar-refractivity contribution < 1.29 is 38.3 Å². The third-order valence-corrected chi connectivity index (χ3v) is 8.20. The van der Waals surface area contributed by atoms with E-state index in [4.69, 9.17) is 21.7 Å². The molecule has 0 aliphatic carbocycles. The Balaban J connectivity index is 3.28. The van der Waals surface area contributed by atoms with Crippen molar-refractivity contribution in [1.82, 2.24) is 47.9 Å². The zero-order valence-corrected chi connectivity index (χ0v) is 34.3. The third kappa shape index (κ3) is 24.9. The molecule has 0 saturated heterocycles. The van der Waals surface area contributed by atoms with Crippen molar-refractivity contribution in [3.63, 3.8) is 0 Å². The summed E-state index contributed by atoms with van der Waals surface area (Å²) in [5, 5.41) is 27.8. The lowest BCUT2D eigenvalue weighted by Gasteiger charge is -2.27. The highest BCUT2D eigenvalue weighted by atomic mass is 16.5. The number of nitrogens with one attached hydrogen (secondary N) is 9. The van der Waals surface area contributed by atoms with E-state index in [-0.39, 0.29) is 58.2 Å². The molecule has 0 heterocycles. The number of carbonyl (C=O) groups excluding carboxylic acids is 7. The van der Waals surface area contributed by atoms with Gasteiger partial charge in [-0.3, -0.25) is 33.6 Å². The van der Waals surface area contributed by atoms with Gasteiger partial charge in [-0.05, 0) is 23.4 Å². The molecule has 22 nitrogen and oxygen atoms in total.